The number of para-hydroxylation sites is 1. The maximum absolute atomic E-state index is 12.1. The molecule has 3 aromatic rings. The summed E-state index contributed by atoms with van der Waals surface area (Å²) in [5.41, 5.74) is 6.25. The van der Waals surface area contributed by atoms with E-state index in [2.05, 4.69) is 41.3 Å². The highest BCUT2D eigenvalue weighted by Gasteiger charge is 2.10. The Labute approximate surface area is 139 Å². The van der Waals surface area contributed by atoms with Crippen molar-refractivity contribution in [2.75, 3.05) is 11.1 Å². The molecule has 1 heterocycles. The van der Waals surface area contributed by atoms with E-state index in [4.69, 9.17) is 0 Å². The van der Waals surface area contributed by atoms with E-state index in [1.807, 2.05) is 31.2 Å². The molecule has 5 heteroatoms. The zero-order valence-corrected chi connectivity index (χ0v) is 14.3. The Hall–Kier alpha value is -2.27. The summed E-state index contributed by atoms with van der Waals surface area (Å²) < 4.78 is 0. The Kier molecular flexibility index (Phi) is 4.39. The maximum atomic E-state index is 12.1. The standard InChI is InChI=1S/C18H19N3OS/c1-11-8-13(3)17-15(9-11)20-18(21-17)23-10-16(22)19-14-7-5-4-6-12(14)2/h4-9H,10H2,1-3H3,(H,19,22)(H,20,21). The number of hydrogen-bond donors (Lipinski definition) is 2. The van der Waals surface area contributed by atoms with Crippen molar-refractivity contribution in [3.63, 3.8) is 0 Å². The Balaban J connectivity index is 1.67. The lowest BCUT2D eigenvalue weighted by Crippen LogP contribution is -2.14. The second-order valence-electron chi connectivity index (χ2n) is 5.67. The normalized spacial score (nSPS) is 10.9. The number of aromatic nitrogens is 2. The fraction of sp³-hybridized carbons (Fsp3) is 0.222. The lowest BCUT2D eigenvalue weighted by atomic mass is 10.1. The van der Waals surface area contributed by atoms with Gasteiger partial charge in [-0.25, -0.2) is 4.98 Å². The van der Waals surface area contributed by atoms with Gasteiger partial charge < -0.3 is 10.3 Å². The SMILES string of the molecule is Cc1cc(C)c2nc(SCC(=O)Nc3ccccc3C)[nH]c2c1. The van der Waals surface area contributed by atoms with E-state index >= 15 is 0 Å². The van der Waals surface area contributed by atoms with Gasteiger partial charge >= 0.3 is 0 Å². The molecule has 0 aliphatic carbocycles. The number of aromatic amines is 1. The number of nitrogens with one attached hydrogen (secondary N) is 2. The number of benzene rings is 2. The molecule has 0 radical (unpaired) electrons. The van der Waals surface area contributed by atoms with E-state index in [0.29, 0.717) is 5.75 Å². The average Bonchev–Trinajstić information content (AvgIpc) is 2.91. The monoisotopic (exact) mass is 325 g/mol. The van der Waals surface area contributed by atoms with Gasteiger partial charge in [0.15, 0.2) is 5.16 Å². The molecule has 0 aliphatic rings. The van der Waals surface area contributed by atoms with Crippen LogP contribution in [0.15, 0.2) is 41.6 Å². The zero-order chi connectivity index (χ0) is 16.4. The van der Waals surface area contributed by atoms with Gasteiger partial charge in [-0.15, -0.1) is 0 Å². The molecule has 1 amide bonds. The lowest BCUT2D eigenvalue weighted by molar-refractivity contribution is -0.113. The van der Waals surface area contributed by atoms with Crippen molar-refractivity contribution in [3.05, 3.63) is 53.1 Å². The van der Waals surface area contributed by atoms with Gasteiger partial charge in [-0.05, 0) is 49.6 Å². The van der Waals surface area contributed by atoms with Gasteiger partial charge in [0.2, 0.25) is 5.91 Å². The third-order valence-electron chi connectivity index (χ3n) is 3.66. The summed E-state index contributed by atoms with van der Waals surface area (Å²) >= 11 is 1.42. The van der Waals surface area contributed by atoms with Crippen LogP contribution in [0, 0.1) is 20.8 Å². The van der Waals surface area contributed by atoms with Crippen LogP contribution in [0.5, 0.6) is 0 Å². The van der Waals surface area contributed by atoms with Crippen LogP contribution in [0.25, 0.3) is 11.0 Å². The number of rotatable bonds is 4. The molecule has 3 rings (SSSR count). The van der Waals surface area contributed by atoms with E-state index in [0.717, 1.165) is 33.0 Å². The first-order chi connectivity index (χ1) is 11.0. The van der Waals surface area contributed by atoms with Gasteiger partial charge in [0, 0.05) is 5.69 Å². The van der Waals surface area contributed by atoms with Crippen LogP contribution in [0.2, 0.25) is 0 Å². The number of anilines is 1. The Morgan fingerprint density at radius 3 is 2.74 bits per heavy atom. The van der Waals surface area contributed by atoms with Crippen molar-refractivity contribution < 1.29 is 4.79 Å². The minimum atomic E-state index is -0.0299. The smallest absolute Gasteiger partial charge is 0.234 e. The van der Waals surface area contributed by atoms with Gasteiger partial charge in [0.05, 0.1) is 16.8 Å². The topological polar surface area (TPSA) is 57.8 Å². The first kappa shape index (κ1) is 15.6. The molecule has 0 spiro atoms. The van der Waals surface area contributed by atoms with Crippen LogP contribution in [-0.2, 0) is 4.79 Å². The number of H-pyrrole nitrogens is 1. The molecule has 2 N–H and O–H groups in total. The van der Waals surface area contributed by atoms with Crippen molar-refractivity contribution in [2.24, 2.45) is 0 Å². The van der Waals surface area contributed by atoms with Gasteiger partial charge in [-0.3, -0.25) is 4.79 Å². The maximum Gasteiger partial charge on any atom is 0.234 e. The van der Waals surface area contributed by atoms with Crippen LogP contribution in [0.1, 0.15) is 16.7 Å². The Morgan fingerprint density at radius 2 is 1.96 bits per heavy atom. The number of carbonyl (C=O) groups excluding carboxylic acids is 1. The number of imidazole rings is 1. The Bertz CT molecular complexity index is 870. The molecule has 0 atom stereocenters. The molecule has 0 bridgehead atoms. The second-order valence-corrected chi connectivity index (χ2v) is 6.64. The first-order valence-electron chi connectivity index (χ1n) is 7.48. The molecule has 0 saturated heterocycles. The number of hydrogen-bond acceptors (Lipinski definition) is 3. The fourth-order valence-electron chi connectivity index (χ4n) is 2.55. The lowest BCUT2D eigenvalue weighted by Gasteiger charge is -2.06. The van der Waals surface area contributed by atoms with E-state index < -0.39 is 0 Å². The summed E-state index contributed by atoms with van der Waals surface area (Å²) in [7, 11) is 0. The first-order valence-corrected chi connectivity index (χ1v) is 8.47. The van der Waals surface area contributed by atoms with Gasteiger partial charge in [-0.1, -0.05) is 36.0 Å². The fourth-order valence-corrected chi connectivity index (χ4v) is 3.23. The highest BCUT2D eigenvalue weighted by atomic mass is 32.2. The van der Waals surface area contributed by atoms with E-state index in [9.17, 15) is 4.79 Å². The number of fused-ring (bicyclic) bond motifs is 1. The van der Waals surface area contributed by atoms with Crippen LogP contribution in [0.3, 0.4) is 0 Å². The van der Waals surface area contributed by atoms with Crippen LogP contribution >= 0.6 is 11.8 Å². The third-order valence-corrected chi connectivity index (χ3v) is 4.53. The highest BCUT2D eigenvalue weighted by Crippen LogP contribution is 2.23. The molecule has 4 nitrogen and oxygen atoms in total. The van der Waals surface area contributed by atoms with Crippen LogP contribution < -0.4 is 5.32 Å². The van der Waals surface area contributed by atoms with E-state index in [-0.39, 0.29) is 5.91 Å². The van der Waals surface area contributed by atoms with E-state index in [1.54, 1.807) is 0 Å². The molecular formula is C18H19N3OS. The molecule has 0 fully saturated rings. The molecular weight excluding hydrogens is 306 g/mol. The summed E-state index contributed by atoms with van der Waals surface area (Å²) in [6, 6.07) is 12.0. The Morgan fingerprint density at radius 1 is 1.17 bits per heavy atom. The molecule has 23 heavy (non-hydrogen) atoms. The molecule has 1 aromatic heterocycles. The molecule has 0 saturated carbocycles. The minimum Gasteiger partial charge on any atom is -0.333 e. The minimum absolute atomic E-state index is 0.0299. The summed E-state index contributed by atoms with van der Waals surface area (Å²) in [6.45, 7) is 6.10. The van der Waals surface area contributed by atoms with Gasteiger partial charge in [0.1, 0.15) is 0 Å². The summed E-state index contributed by atoms with van der Waals surface area (Å²) in [5, 5.41) is 3.71. The van der Waals surface area contributed by atoms with Crippen molar-refractivity contribution in [1.82, 2.24) is 9.97 Å². The number of nitrogens with zero attached hydrogens (tertiary/aromatic N) is 1. The predicted molar refractivity (Wildman–Crippen MR) is 96.1 cm³/mol. The van der Waals surface area contributed by atoms with Gasteiger partial charge in [-0.2, -0.15) is 0 Å². The summed E-state index contributed by atoms with van der Waals surface area (Å²) in [4.78, 5) is 20.0. The molecule has 2 aromatic carbocycles. The number of amides is 1. The zero-order valence-electron chi connectivity index (χ0n) is 13.4. The quantitative estimate of drug-likeness (QED) is 0.706. The van der Waals surface area contributed by atoms with Gasteiger partial charge in [0.25, 0.3) is 0 Å². The van der Waals surface area contributed by atoms with Crippen molar-refractivity contribution in [3.8, 4) is 0 Å². The average molecular weight is 325 g/mol. The molecule has 0 unspecified atom stereocenters. The van der Waals surface area contributed by atoms with Crippen LogP contribution in [0.4, 0.5) is 5.69 Å². The summed E-state index contributed by atoms with van der Waals surface area (Å²) in [5.74, 6) is 0.296. The third kappa shape index (κ3) is 3.56. The number of thioether (sulfide) groups is 1. The predicted octanol–water partition coefficient (Wildman–Crippen LogP) is 4.22. The van der Waals surface area contributed by atoms with Crippen molar-refractivity contribution >= 4 is 34.4 Å². The second kappa shape index (κ2) is 6.46. The largest absolute Gasteiger partial charge is 0.333 e. The van der Waals surface area contributed by atoms with E-state index in [1.165, 1.54) is 17.3 Å². The van der Waals surface area contributed by atoms with Crippen molar-refractivity contribution in [1.29, 1.82) is 0 Å². The molecule has 118 valence electrons. The number of carbonyl (C=O) groups is 1. The summed E-state index contributed by atoms with van der Waals surface area (Å²) in [6.07, 6.45) is 0. The molecule has 0 aliphatic heterocycles. The van der Waals surface area contributed by atoms with Crippen LogP contribution in [-0.4, -0.2) is 21.6 Å². The highest BCUT2D eigenvalue weighted by molar-refractivity contribution is 7.99. The number of aryl methyl sites for hydroxylation is 3. The van der Waals surface area contributed by atoms with Crippen molar-refractivity contribution in [2.45, 2.75) is 25.9 Å².